The zero-order valence-corrected chi connectivity index (χ0v) is 15.1. The molecule has 4 nitrogen and oxygen atoms in total. The van der Waals surface area contributed by atoms with E-state index >= 15 is 0 Å². The Morgan fingerprint density at radius 3 is 1.83 bits per heavy atom. The summed E-state index contributed by atoms with van der Waals surface area (Å²) in [5.74, 6) is -0.141. The Bertz CT molecular complexity index is 883. The average molecular weight is 334 g/mol. The predicted octanol–water partition coefficient (Wildman–Crippen LogP) is 3.78. The van der Waals surface area contributed by atoms with Gasteiger partial charge in [-0.25, -0.2) is 8.42 Å². The van der Waals surface area contributed by atoms with Crippen molar-refractivity contribution in [3.63, 3.8) is 0 Å². The van der Waals surface area contributed by atoms with Gasteiger partial charge < -0.3 is 10.2 Å². The van der Waals surface area contributed by atoms with E-state index in [1.54, 1.807) is 40.7 Å². The van der Waals surface area contributed by atoms with Gasteiger partial charge in [0.1, 0.15) is 16.4 Å². The maximum Gasteiger partial charge on any atom is 0.211 e. The summed E-state index contributed by atoms with van der Waals surface area (Å²) < 4.78 is 26.5. The molecule has 0 atom stereocenters. The lowest BCUT2D eigenvalue weighted by molar-refractivity contribution is 0.453. The van der Waals surface area contributed by atoms with Crippen molar-refractivity contribution in [2.45, 2.75) is 51.3 Å². The SMILES string of the molecule is Cc1cc(C)c(O)c(S(=O)(=O)c2c(C)cc(O)c(C)c2C)c1C. The zero-order valence-electron chi connectivity index (χ0n) is 14.3. The van der Waals surface area contributed by atoms with Gasteiger partial charge in [0.15, 0.2) is 0 Å². The van der Waals surface area contributed by atoms with Crippen molar-refractivity contribution in [2.75, 3.05) is 0 Å². The van der Waals surface area contributed by atoms with E-state index in [0.29, 0.717) is 27.8 Å². The summed E-state index contributed by atoms with van der Waals surface area (Å²) in [6.45, 7) is 10.2. The molecule has 0 aromatic heterocycles. The van der Waals surface area contributed by atoms with E-state index in [1.165, 1.54) is 6.07 Å². The van der Waals surface area contributed by atoms with Crippen LogP contribution in [0.2, 0.25) is 0 Å². The standard InChI is InChI=1S/C18H22O4S/c1-9-7-10(2)16(20)18(12(9)4)23(21,22)17-11(3)8-15(19)13(5)14(17)6/h7-8,19-20H,1-6H3. The first-order chi connectivity index (χ1) is 10.5. The molecule has 0 saturated heterocycles. The van der Waals surface area contributed by atoms with Crippen LogP contribution in [-0.2, 0) is 9.84 Å². The van der Waals surface area contributed by atoms with Crippen LogP contribution in [0.1, 0.15) is 33.4 Å². The fraction of sp³-hybridized carbons (Fsp3) is 0.333. The first-order valence-corrected chi connectivity index (χ1v) is 8.83. The second-order valence-corrected chi connectivity index (χ2v) is 7.93. The topological polar surface area (TPSA) is 74.6 Å². The third kappa shape index (κ3) is 2.59. The van der Waals surface area contributed by atoms with Gasteiger partial charge in [0.05, 0.1) is 4.90 Å². The van der Waals surface area contributed by atoms with Gasteiger partial charge in [-0.1, -0.05) is 6.07 Å². The molecule has 0 heterocycles. The van der Waals surface area contributed by atoms with Crippen molar-refractivity contribution in [1.29, 1.82) is 0 Å². The number of rotatable bonds is 2. The minimum Gasteiger partial charge on any atom is -0.508 e. The molecule has 124 valence electrons. The molecule has 2 aromatic rings. The van der Waals surface area contributed by atoms with Crippen molar-refractivity contribution >= 4 is 9.84 Å². The molecule has 23 heavy (non-hydrogen) atoms. The zero-order chi connectivity index (χ0) is 17.7. The van der Waals surface area contributed by atoms with Crippen molar-refractivity contribution < 1.29 is 18.6 Å². The number of sulfone groups is 1. The van der Waals surface area contributed by atoms with Crippen LogP contribution in [-0.4, -0.2) is 18.6 Å². The first-order valence-electron chi connectivity index (χ1n) is 7.34. The lowest BCUT2D eigenvalue weighted by Crippen LogP contribution is -2.11. The molecule has 2 rings (SSSR count). The van der Waals surface area contributed by atoms with Gasteiger partial charge in [-0.2, -0.15) is 0 Å². The maximum atomic E-state index is 13.2. The second kappa shape index (κ2) is 5.57. The van der Waals surface area contributed by atoms with E-state index < -0.39 is 9.84 Å². The minimum absolute atomic E-state index is 0.0497. The normalized spacial score (nSPS) is 11.7. The molecule has 0 fully saturated rings. The van der Waals surface area contributed by atoms with Crippen LogP contribution in [0.4, 0.5) is 0 Å². The minimum atomic E-state index is -3.91. The van der Waals surface area contributed by atoms with Gasteiger partial charge in [0.25, 0.3) is 0 Å². The lowest BCUT2D eigenvalue weighted by atomic mass is 10.1. The number of hydrogen-bond donors (Lipinski definition) is 2. The summed E-state index contributed by atoms with van der Waals surface area (Å²) in [6, 6.07) is 3.22. The molecule has 5 heteroatoms. The van der Waals surface area contributed by atoms with Crippen LogP contribution in [0.3, 0.4) is 0 Å². The lowest BCUT2D eigenvalue weighted by Gasteiger charge is -2.18. The summed E-state index contributed by atoms with van der Waals surface area (Å²) in [5.41, 5.74) is 3.36. The fourth-order valence-corrected chi connectivity index (χ4v) is 5.14. The molecule has 0 aliphatic heterocycles. The van der Waals surface area contributed by atoms with Gasteiger partial charge in [0.2, 0.25) is 9.84 Å². The molecule has 0 amide bonds. The van der Waals surface area contributed by atoms with Crippen LogP contribution < -0.4 is 0 Å². The van der Waals surface area contributed by atoms with Crippen molar-refractivity contribution in [3.8, 4) is 11.5 Å². The Morgan fingerprint density at radius 2 is 1.26 bits per heavy atom. The van der Waals surface area contributed by atoms with Crippen LogP contribution in [0, 0.1) is 41.5 Å². The van der Waals surface area contributed by atoms with E-state index in [1.807, 2.05) is 6.92 Å². The highest BCUT2D eigenvalue weighted by molar-refractivity contribution is 7.91. The maximum absolute atomic E-state index is 13.2. The van der Waals surface area contributed by atoms with Gasteiger partial charge in [-0.3, -0.25) is 0 Å². The third-order valence-corrected chi connectivity index (χ3v) is 6.69. The molecule has 0 bridgehead atoms. The smallest absolute Gasteiger partial charge is 0.211 e. The van der Waals surface area contributed by atoms with Gasteiger partial charge >= 0.3 is 0 Å². The number of hydrogen-bond acceptors (Lipinski definition) is 4. The van der Waals surface area contributed by atoms with Gasteiger partial charge in [-0.05, 0) is 81.0 Å². The highest BCUT2D eigenvalue weighted by Gasteiger charge is 2.30. The van der Waals surface area contributed by atoms with E-state index in [9.17, 15) is 18.6 Å². The quantitative estimate of drug-likeness (QED) is 0.876. The number of aromatic hydroxyl groups is 2. The monoisotopic (exact) mass is 334 g/mol. The number of phenolic OH excluding ortho intramolecular Hbond substituents is 2. The average Bonchev–Trinajstić information content (AvgIpc) is 2.42. The number of benzene rings is 2. The molecule has 2 aromatic carbocycles. The molecule has 0 aliphatic carbocycles. The van der Waals surface area contributed by atoms with Gasteiger partial charge in [-0.15, -0.1) is 0 Å². The number of aryl methyl sites for hydroxylation is 3. The van der Waals surface area contributed by atoms with Crippen LogP contribution in [0.25, 0.3) is 0 Å². The molecular formula is C18H22O4S. The van der Waals surface area contributed by atoms with E-state index in [-0.39, 0.29) is 21.3 Å². The molecule has 0 saturated carbocycles. The molecule has 0 unspecified atom stereocenters. The molecule has 0 radical (unpaired) electrons. The van der Waals surface area contributed by atoms with Crippen molar-refractivity contribution in [1.82, 2.24) is 0 Å². The fourth-order valence-electron chi connectivity index (χ4n) is 2.92. The first kappa shape index (κ1) is 17.3. The summed E-state index contributed by atoms with van der Waals surface area (Å²) in [5, 5.41) is 20.3. The Morgan fingerprint density at radius 1 is 0.696 bits per heavy atom. The third-order valence-electron chi connectivity index (χ3n) is 4.49. The van der Waals surface area contributed by atoms with Crippen LogP contribution >= 0.6 is 0 Å². The predicted molar refractivity (Wildman–Crippen MR) is 90.1 cm³/mol. The molecule has 0 aliphatic rings. The van der Waals surface area contributed by atoms with Crippen molar-refractivity contribution in [2.24, 2.45) is 0 Å². The Balaban J connectivity index is 2.94. The van der Waals surface area contributed by atoms with E-state index in [2.05, 4.69) is 0 Å². The summed E-state index contributed by atoms with van der Waals surface area (Å²) in [7, 11) is -3.91. The Hall–Kier alpha value is -2.01. The van der Waals surface area contributed by atoms with Gasteiger partial charge in [0, 0.05) is 0 Å². The van der Waals surface area contributed by atoms with Crippen LogP contribution in [0.15, 0.2) is 21.9 Å². The Kier molecular flexibility index (Phi) is 4.20. The highest BCUT2D eigenvalue weighted by Crippen LogP contribution is 2.39. The number of phenols is 2. The summed E-state index contributed by atoms with van der Waals surface area (Å²) in [4.78, 5) is 0.0995. The summed E-state index contributed by atoms with van der Waals surface area (Å²) in [6.07, 6.45) is 0. The molecule has 2 N–H and O–H groups in total. The molecular weight excluding hydrogens is 312 g/mol. The van der Waals surface area contributed by atoms with Crippen molar-refractivity contribution in [3.05, 3.63) is 45.5 Å². The second-order valence-electron chi connectivity index (χ2n) is 6.11. The Labute approximate surface area is 137 Å². The largest absolute Gasteiger partial charge is 0.508 e. The highest BCUT2D eigenvalue weighted by atomic mass is 32.2. The van der Waals surface area contributed by atoms with Crippen LogP contribution in [0.5, 0.6) is 11.5 Å². The molecule has 0 spiro atoms. The van der Waals surface area contributed by atoms with E-state index in [4.69, 9.17) is 0 Å². The summed E-state index contributed by atoms with van der Waals surface area (Å²) >= 11 is 0. The van der Waals surface area contributed by atoms with E-state index in [0.717, 1.165) is 5.56 Å².